The van der Waals surface area contributed by atoms with Crippen molar-refractivity contribution < 1.29 is 18.1 Å². The first kappa shape index (κ1) is 19.1. The normalized spacial score (nSPS) is 11.0. The van der Waals surface area contributed by atoms with Gasteiger partial charge in [0.15, 0.2) is 4.90 Å². The highest BCUT2D eigenvalue weighted by molar-refractivity contribution is 7.90. The van der Waals surface area contributed by atoms with Crippen LogP contribution in [0, 0.1) is 10.1 Å². The first-order valence-corrected chi connectivity index (χ1v) is 8.97. The summed E-state index contributed by atoms with van der Waals surface area (Å²) >= 11 is 0. The fourth-order valence-corrected chi connectivity index (χ4v) is 3.12. The van der Waals surface area contributed by atoms with Gasteiger partial charge < -0.3 is 10.6 Å². The van der Waals surface area contributed by atoms with E-state index in [0.29, 0.717) is 5.82 Å². The van der Waals surface area contributed by atoms with E-state index < -0.39 is 31.6 Å². The van der Waals surface area contributed by atoms with Crippen LogP contribution in [0.15, 0.2) is 47.5 Å². The molecule has 2 rings (SSSR count). The van der Waals surface area contributed by atoms with Crippen LogP contribution in [0.5, 0.6) is 0 Å². The SMILES string of the molecule is CC(C)NC(=O)NS(=O)(=O)c1cc(Nc2ccccn2)ccc1[N+](=O)[O-]. The maximum Gasteiger partial charge on any atom is 0.328 e. The fraction of sp³-hybridized carbons (Fsp3) is 0.200. The second-order valence-corrected chi connectivity index (χ2v) is 7.16. The first-order valence-electron chi connectivity index (χ1n) is 7.49. The zero-order valence-corrected chi connectivity index (χ0v) is 14.8. The van der Waals surface area contributed by atoms with Crippen molar-refractivity contribution in [3.05, 3.63) is 52.7 Å². The summed E-state index contributed by atoms with van der Waals surface area (Å²) in [6.07, 6.45) is 1.53. The van der Waals surface area contributed by atoms with Gasteiger partial charge in [-0.15, -0.1) is 0 Å². The molecule has 0 fully saturated rings. The van der Waals surface area contributed by atoms with Crippen molar-refractivity contribution in [1.29, 1.82) is 0 Å². The standard InChI is InChI=1S/C15H17N5O5S/c1-10(2)17-15(21)19-26(24,25)13-9-11(6-7-12(13)20(22)23)18-14-5-3-4-8-16-14/h3-10H,1-2H3,(H,16,18)(H2,17,19,21). The number of carbonyl (C=O) groups excluding carboxylic acids is 1. The molecule has 0 atom stereocenters. The fourth-order valence-electron chi connectivity index (χ4n) is 2.01. The summed E-state index contributed by atoms with van der Waals surface area (Å²) in [7, 11) is -4.46. The van der Waals surface area contributed by atoms with Crippen molar-refractivity contribution in [3.8, 4) is 0 Å². The summed E-state index contributed by atoms with van der Waals surface area (Å²) in [5, 5.41) is 16.4. The van der Waals surface area contributed by atoms with Crippen LogP contribution in [-0.4, -0.2) is 30.4 Å². The third-order valence-electron chi connectivity index (χ3n) is 3.03. The van der Waals surface area contributed by atoms with Crippen LogP contribution in [0.4, 0.5) is 22.0 Å². The molecule has 1 heterocycles. The number of pyridine rings is 1. The second-order valence-electron chi connectivity index (χ2n) is 5.51. The molecule has 26 heavy (non-hydrogen) atoms. The summed E-state index contributed by atoms with van der Waals surface area (Å²) < 4.78 is 26.6. The summed E-state index contributed by atoms with van der Waals surface area (Å²) in [6.45, 7) is 3.29. The van der Waals surface area contributed by atoms with E-state index >= 15 is 0 Å². The minimum atomic E-state index is -4.46. The van der Waals surface area contributed by atoms with Crippen LogP contribution in [-0.2, 0) is 10.0 Å². The molecule has 1 aromatic heterocycles. The van der Waals surface area contributed by atoms with Crippen molar-refractivity contribution in [2.75, 3.05) is 5.32 Å². The molecule has 0 unspecified atom stereocenters. The lowest BCUT2D eigenvalue weighted by molar-refractivity contribution is -0.387. The summed E-state index contributed by atoms with van der Waals surface area (Å²) in [5.74, 6) is 0.426. The smallest absolute Gasteiger partial charge is 0.328 e. The van der Waals surface area contributed by atoms with Gasteiger partial charge in [0, 0.05) is 24.0 Å². The Hall–Kier alpha value is -3.21. The minimum Gasteiger partial charge on any atom is -0.340 e. The van der Waals surface area contributed by atoms with Crippen molar-refractivity contribution in [3.63, 3.8) is 0 Å². The van der Waals surface area contributed by atoms with Gasteiger partial charge in [-0.25, -0.2) is 22.9 Å². The molecule has 0 bridgehead atoms. The van der Waals surface area contributed by atoms with Crippen molar-refractivity contribution in [2.24, 2.45) is 0 Å². The number of anilines is 2. The van der Waals surface area contributed by atoms with Crippen LogP contribution in [0.25, 0.3) is 0 Å². The van der Waals surface area contributed by atoms with Crippen molar-refractivity contribution in [2.45, 2.75) is 24.8 Å². The van der Waals surface area contributed by atoms with E-state index in [1.54, 1.807) is 36.8 Å². The molecular weight excluding hydrogens is 362 g/mol. The summed E-state index contributed by atoms with van der Waals surface area (Å²) in [4.78, 5) is 25.4. The maximum atomic E-state index is 12.4. The number of hydrogen-bond donors (Lipinski definition) is 3. The van der Waals surface area contributed by atoms with E-state index in [9.17, 15) is 23.3 Å². The largest absolute Gasteiger partial charge is 0.340 e. The topological polar surface area (TPSA) is 143 Å². The quantitative estimate of drug-likeness (QED) is 0.515. The number of sulfonamides is 1. The number of amides is 2. The monoisotopic (exact) mass is 379 g/mol. The molecule has 1 aromatic carbocycles. The number of urea groups is 1. The van der Waals surface area contributed by atoms with Gasteiger partial charge in [0.2, 0.25) is 0 Å². The van der Waals surface area contributed by atoms with E-state index in [0.717, 1.165) is 12.1 Å². The number of carbonyl (C=O) groups is 1. The number of benzene rings is 1. The molecule has 0 saturated carbocycles. The minimum absolute atomic E-state index is 0.263. The number of hydrogen-bond acceptors (Lipinski definition) is 7. The highest BCUT2D eigenvalue weighted by Gasteiger charge is 2.28. The molecule has 0 aliphatic rings. The zero-order valence-electron chi connectivity index (χ0n) is 14.0. The molecule has 0 aliphatic heterocycles. The number of nitro benzene ring substituents is 1. The molecule has 2 aromatic rings. The van der Waals surface area contributed by atoms with Gasteiger partial charge in [0.05, 0.1) is 4.92 Å². The highest BCUT2D eigenvalue weighted by Crippen LogP contribution is 2.28. The third-order valence-corrected chi connectivity index (χ3v) is 4.39. The molecule has 0 radical (unpaired) electrons. The van der Waals surface area contributed by atoms with Crippen LogP contribution in [0.1, 0.15) is 13.8 Å². The second kappa shape index (κ2) is 7.78. The summed E-state index contributed by atoms with van der Waals surface area (Å²) in [6, 6.07) is 7.24. The number of aromatic nitrogens is 1. The molecule has 3 N–H and O–H groups in total. The van der Waals surface area contributed by atoms with Gasteiger partial charge in [-0.05, 0) is 38.1 Å². The van der Waals surface area contributed by atoms with Crippen LogP contribution in [0.2, 0.25) is 0 Å². The van der Waals surface area contributed by atoms with Crippen LogP contribution >= 0.6 is 0 Å². The van der Waals surface area contributed by atoms with Crippen LogP contribution in [0.3, 0.4) is 0 Å². The Morgan fingerprint density at radius 1 is 1.23 bits per heavy atom. The van der Waals surface area contributed by atoms with E-state index in [2.05, 4.69) is 15.6 Å². The summed E-state index contributed by atoms with van der Waals surface area (Å²) in [5.41, 5.74) is -0.389. The molecule has 2 amide bonds. The molecule has 11 heteroatoms. The molecule has 0 aliphatic carbocycles. The van der Waals surface area contributed by atoms with Gasteiger partial charge in [0.1, 0.15) is 5.82 Å². The predicted octanol–water partition coefficient (Wildman–Crippen LogP) is 2.13. The Kier molecular flexibility index (Phi) is 5.72. The lowest BCUT2D eigenvalue weighted by atomic mass is 10.3. The van der Waals surface area contributed by atoms with Gasteiger partial charge >= 0.3 is 6.03 Å². The maximum absolute atomic E-state index is 12.4. The van der Waals surface area contributed by atoms with Crippen molar-refractivity contribution in [1.82, 2.24) is 15.0 Å². The predicted molar refractivity (Wildman–Crippen MR) is 94.6 cm³/mol. The lowest BCUT2D eigenvalue weighted by Gasteiger charge is -2.12. The Labute approximate surface area is 149 Å². The van der Waals surface area contributed by atoms with Gasteiger partial charge in [0.25, 0.3) is 15.7 Å². The molecule has 0 saturated heterocycles. The number of nitro groups is 1. The van der Waals surface area contributed by atoms with Gasteiger partial charge in [-0.2, -0.15) is 0 Å². The average molecular weight is 379 g/mol. The number of nitrogens with one attached hydrogen (secondary N) is 3. The van der Waals surface area contributed by atoms with Crippen molar-refractivity contribution >= 4 is 33.2 Å². The number of rotatable bonds is 6. The lowest BCUT2D eigenvalue weighted by Crippen LogP contribution is -2.42. The Bertz CT molecular complexity index is 915. The Morgan fingerprint density at radius 2 is 1.96 bits per heavy atom. The molecule has 138 valence electrons. The average Bonchev–Trinajstić information content (AvgIpc) is 2.54. The highest BCUT2D eigenvalue weighted by atomic mass is 32.2. The molecule has 0 spiro atoms. The van der Waals surface area contributed by atoms with Gasteiger partial charge in [-0.3, -0.25) is 10.1 Å². The third kappa shape index (κ3) is 4.89. The first-order chi connectivity index (χ1) is 12.2. The Balaban J connectivity index is 2.39. The van der Waals surface area contributed by atoms with E-state index in [4.69, 9.17) is 0 Å². The van der Waals surface area contributed by atoms with E-state index in [-0.39, 0.29) is 11.7 Å². The molecular formula is C15H17N5O5S. The molecule has 10 nitrogen and oxygen atoms in total. The van der Waals surface area contributed by atoms with E-state index in [1.807, 2.05) is 0 Å². The zero-order chi connectivity index (χ0) is 19.3. The van der Waals surface area contributed by atoms with Gasteiger partial charge in [-0.1, -0.05) is 6.07 Å². The van der Waals surface area contributed by atoms with E-state index in [1.165, 1.54) is 12.3 Å². The Morgan fingerprint density at radius 3 is 2.54 bits per heavy atom. The number of nitrogens with zero attached hydrogens (tertiary/aromatic N) is 2. The van der Waals surface area contributed by atoms with Crippen LogP contribution < -0.4 is 15.4 Å².